The second kappa shape index (κ2) is 5.91. The van der Waals surface area contributed by atoms with Gasteiger partial charge in [0.2, 0.25) is 5.91 Å². The maximum Gasteiger partial charge on any atom is 0.416 e. The van der Waals surface area contributed by atoms with Crippen LogP contribution in [0.2, 0.25) is 0 Å². The fraction of sp³-hybridized carbons (Fsp3) is 0.133. The molecular weight excluding hydrogens is 328 g/mol. The molecule has 0 spiro atoms. The predicted molar refractivity (Wildman–Crippen MR) is 77.6 cm³/mol. The topological polar surface area (TPSA) is 59.8 Å². The Balaban J connectivity index is 1.80. The van der Waals surface area contributed by atoms with E-state index in [9.17, 15) is 22.4 Å². The highest BCUT2D eigenvalue weighted by atomic mass is 19.4. The molecule has 0 aliphatic heterocycles. The van der Waals surface area contributed by atoms with Crippen molar-refractivity contribution in [1.29, 1.82) is 0 Å². The third-order valence-corrected chi connectivity index (χ3v) is 3.28. The van der Waals surface area contributed by atoms with E-state index in [0.29, 0.717) is 29.2 Å². The van der Waals surface area contributed by atoms with Gasteiger partial charge in [-0.05, 0) is 30.3 Å². The van der Waals surface area contributed by atoms with Gasteiger partial charge in [-0.3, -0.25) is 4.79 Å². The van der Waals surface area contributed by atoms with Crippen molar-refractivity contribution in [3.8, 4) is 0 Å². The number of aromatic nitrogens is 3. The molecule has 0 saturated carbocycles. The summed E-state index contributed by atoms with van der Waals surface area (Å²) in [5.41, 5.74) is -0.447. The monoisotopic (exact) mass is 338 g/mol. The number of hydrogen-bond acceptors (Lipinski definition) is 3. The van der Waals surface area contributed by atoms with Gasteiger partial charge < -0.3 is 5.32 Å². The van der Waals surface area contributed by atoms with Crippen LogP contribution in [-0.2, 0) is 17.5 Å². The fourth-order valence-electron chi connectivity index (χ4n) is 2.16. The molecule has 3 rings (SSSR count). The highest BCUT2D eigenvalue weighted by Gasteiger charge is 2.31. The fourth-order valence-corrected chi connectivity index (χ4v) is 2.16. The highest BCUT2D eigenvalue weighted by molar-refractivity contribution is 5.91. The minimum absolute atomic E-state index is 0.309. The number of halogens is 4. The van der Waals surface area contributed by atoms with Gasteiger partial charge in [-0.2, -0.15) is 13.2 Å². The largest absolute Gasteiger partial charge is 0.416 e. The van der Waals surface area contributed by atoms with E-state index in [2.05, 4.69) is 15.6 Å². The van der Waals surface area contributed by atoms with Crippen LogP contribution in [0.4, 0.5) is 23.2 Å². The molecule has 0 aliphatic carbocycles. The first-order chi connectivity index (χ1) is 11.3. The lowest BCUT2D eigenvalue weighted by molar-refractivity contribution is -0.137. The molecule has 1 amide bonds. The normalized spacial score (nSPS) is 11.7. The number of para-hydroxylation sites is 1. The van der Waals surface area contributed by atoms with Crippen LogP contribution in [0, 0.1) is 5.82 Å². The van der Waals surface area contributed by atoms with Crippen LogP contribution in [0.5, 0.6) is 0 Å². The van der Waals surface area contributed by atoms with E-state index in [4.69, 9.17) is 0 Å². The van der Waals surface area contributed by atoms with Crippen molar-refractivity contribution >= 4 is 22.6 Å². The van der Waals surface area contributed by atoms with Crippen LogP contribution in [0.1, 0.15) is 5.56 Å². The number of fused-ring (bicyclic) bond motifs is 1. The maximum absolute atomic E-state index is 13.6. The van der Waals surface area contributed by atoms with Crippen LogP contribution in [0.15, 0.2) is 42.5 Å². The summed E-state index contributed by atoms with van der Waals surface area (Å²) < 4.78 is 52.9. The van der Waals surface area contributed by atoms with Crippen LogP contribution in [0.3, 0.4) is 0 Å². The van der Waals surface area contributed by atoms with Gasteiger partial charge in [0.25, 0.3) is 0 Å². The van der Waals surface area contributed by atoms with Gasteiger partial charge in [-0.15, -0.1) is 5.10 Å². The average Bonchev–Trinajstić information content (AvgIpc) is 2.91. The quantitative estimate of drug-likeness (QED) is 0.746. The molecule has 0 saturated heterocycles. The van der Waals surface area contributed by atoms with E-state index in [1.54, 1.807) is 24.3 Å². The average molecular weight is 338 g/mol. The smallest absolute Gasteiger partial charge is 0.322 e. The lowest BCUT2D eigenvalue weighted by Gasteiger charge is -2.11. The van der Waals surface area contributed by atoms with Crippen LogP contribution in [-0.4, -0.2) is 20.9 Å². The molecule has 1 N–H and O–H groups in total. The summed E-state index contributed by atoms with van der Waals surface area (Å²) in [7, 11) is 0. The van der Waals surface area contributed by atoms with Gasteiger partial charge in [-0.1, -0.05) is 17.3 Å². The van der Waals surface area contributed by atoms with Gasteiger partial charge in [0.05, 0.1) is 16.8 Å². The Morgan fingerprint density at radius 3 is 2.67 bits per heavy atom. The highest BCUT2D eigenvalue weighted by Crippen LogP contribution is 2.31. The first-order valence-corrected chi connectivity index (χ1v) is 6.79. The van der Waals surface area contributed by atoms with Crippen molar-refractivity contribution in [1.82, 2.24) is 15.0 Å². The molecular formula is C15H10F4N4O. The molecule has 0 unspecified atom stereocenters. The number of alkyl halides is 3. The van der Waals surface area contributed by atoms with Crippen molar-refractivity contribution in [2.24, 2.45) is 0 Å². The molecule has 5 nitrogen and oxygen atoms in total. The molecule has 0 aliphatic rings. The Morgan fingerprint density at radius 2 is 1.92 bits per heavy atom. The van der Waals surface area contributed by atoms with Crippen molar-refractivity contribution in [2.75, 3.05) is 5.32 Å². The van der Waals surface area contributed by atoms with Gasteiger partial charge in [0, 0.05) is 0 Å². The summed E-state index contributed by atoms with van der Waals surface area (Å²) in [6.45, 7) is -0.309. The van der Waals surface area contributed by atoms with Crippen molar-refractivity contribution < 1.29 is 22.4 Å². The lowest BCUT2D eigenvalue weighted by atomic mass is 10.2. The molecule has 0 bridgehead atoms. The van der Waals surface area contributed by atoms with E-state index in [1.165, 1.54) is 4.68 Å². The zero-order valence-electron chi connectivity index (χ0n) is 12.0. The zero-order chi connectivity index (χ0) is 17.3. The van der Waals surface area contributed by atoms with Crippen LogP contribution in [0.25, 0.3) is 11.0 Å². The van der Waals surface area contributed by atoms with Crippen LogP contribution < -0.4 is 5.32 Å². The summed E-state index contributed by atoms with van der Waals surface area (Å²) in [6.07, 6.45) is -4.63. The SMILES string of the molecule is O=C(Cn1nnc2ccccc21)Nc1cc(C(F)(F)F)ccc1F. The second-order valence-corrected chi connectivity index (χ2v) is 4.98. The Labute approximate surface area is 132 Å². The minimum atomic E-state index is -4.63. The number of hydrogen-bond donors (Lipinski definition) is 1. The number of benzene rings is 2. The zero-order valence-corrected chi connectivity index (χ0v) is 12.0. The Kier molecular flexibility index (Phi) is 3.92. The molecule has 24 heavy (non-hydrogen) atoms. The molecule has 124 valence electrons. The number of carbonyl (C=O) groups is 1. The lowest BCUT2D eigenvalue weighted by Crippen LogP contribution is -2.20. The molecule has 0 atom stereocenters. The number of amides is 1. The van der Waals surface area contributed by atoms with Gasteiger partial charge in [0.1, 0.15) is 17.9 Å². The number of anilines is 1. The van der Waals surface area contributed by atoms with Crippen LogP contribution >= 0.6 is 0 Å². The third kappa shape index (κ3) is 3.19. The van der Waals surface area contributed by atoms with Crippen molar-refractivity contribution in [3.63, 3.8) is 0 Å². The van der Waals surface area contributed by atoms with Gasteiger partial charge >= 0.3 is 6.18 Å². The number of nitrogens with zero attached hydrogens (tertiary/aromatic N) is 3. The summed E-state index contributed by atoms with van der Waals surface area (Å²) in [5, 5.41) is 9.76. The molecule has 0 fully saturated rings. The summed E-state index contributed by atoms with van der Waals surface area (Å²) in [4.78, 5) is 12.0. The first kappa shape index (κ1) is 15.9. The minimum Gasteiger partial charge on any atom is -0.322 e. The Morgan fingerprint density at radius 1 is 1.17 bits per heavy atom. The standard InChI is InChI=1S/C15H10F4N4O/c16-10-6-5-9(15(17,18)19)7-12(10)20-14(24)8-23-13-4-2-1-3-11(13)21-22-23/h1-7H,8H2,(H,20,24). The maximum atomic E-state index is 13.6. The Hall–Kier alpha value is -2.97. The van der Waals surface area contributed by atoms with E-state index >= 15 is 0 Å². The number of carbonyl (C=O) groups excluding carboxylic acids is 1. The molecule has 9 heteroatoms. The summed E-state index contributed by atoms with van der Waals surface area (Å²) in [6, 6.07) is 8.68. The molecule has 2 aromatic carbocycles. The molecule has 3 aromatic rings. The van der Waals surface area contributed by atoms with E-state index in [0.717, 1.165) is 0 Å². The molecule has 1 heterocycles. The van der Waals surface area contributed by atoms with E-state index in [1.807, 2.05) is 0 Å². The summed E-state index contributed by atoms with van der Waals surface area (Å²) in [5.74, 6) is -1.68. The second-order valence-electron chi connectivity index (χ2n) is 4.98. The first-order valence-electron chi connectivity index (χ1n) is 6.79. The van der Waals surface area contributed by atoms with Gasteiger partial charge in [-0.25, -0.2) is 9.07 Å². The van der Waals surface area contributed by atoms with Crippen molar-refractivity contribution in [3.05, 3.63) is 53.8 Å². The van der Waals surface area contributed by atoms with Gasteiger partial charge in [0.15, 0.2) is 0 Å². The van der Waals surface area contributed by atoms with E-state index in [-0.39, 0.29) is 6.54 Å². The van der Waals surface area contributed by atoms with E-state index < -0.39 is 29.2 Å². The Bertz CT molecular complexity index is 904. The van der Waals surface area contributed by atoms with Crippen molar-refractivity contribution in [2.45, 2.75) is 12.7 Å². The summed E-state index contributed by atoms with van der Waals surface area (Å²) >= 11 is 0. The predicted octanol–water partition coefficient (Wildman–Crippen LogP) is 3.23. The molecule has 1 aromatic heterocycles. The third-order valence-electron chi connectivity index (χ3n) is 3.28. The molecule has 0 radical (unpaired) electrons. The number of nitrogens with one attached hydrogen (secondary N) is 1. The number of rotatable bonds is 3.